The number of rotatable bonds is 6. The highest BCUT2D eigenvalue weighted by atomic mass is 16.6. The molecule has 0 atom stereocenters. The lowest BCUT2D eigenvalue weighted by Crippen LogP contribution is -2.29. The average molecular weight is 277 g/mol. The second kappa shape index (κ2) is 6.13. The maximum atomic E-state index is 12.1. The van der Waals surface area contributed by atoms with Crippen LogP contribution in [0.2, 0.25) is 0 Å². The Hall–Kier alpha value is -1.75. The highest BCUT2D eigenvalue weighted by Crippen LogP contribution is 2.33. The van der Waals surface area contributed by atoms with Crippen molar-refractivity contribution in [3.63, 3.8) is 0 Å². The average Bonchev–Trinajstić information content (AvgIpc) is 3.30. The quantitative estimate of drug-likeness (QED) is 0.803. The molecule has 1 amide bonds. The monoisotopic (exact) mass is 277 g/mol. The zero-order chi connectivity index (χ0) is 13.8. The molecule has 1 fully saturated rings. The van der Waals surface area contributed by atoms with E-state index in [1.165, 1.54) is 12.8 Å². The van der Waals surface area contributed by atoms with Gasteiger partial charge >= 0.3 is 0 Å². The number of amides is 1. The molecular weight excluding hydrogens is 258 g/mol. The van der Waals surface area contributed by atoms with Gasteiger partial charge in [-0.2, -0.15) is 0 Å². The van der Waals surface area contributed by atoms with Crippen LogP contribution in [0.4, 0.5) is 0 Å². The van der Waals surface area contributed by atoms with Gasteiger partial charge in [0.05, 0.1) is 12.2 Å². The zero-order valence-electron chi connectivity index (χ0n) is 11.4. The summed E-state index contributed by atoms with van der Waals surface area (Å²) in [5, 5.41) is 2.84. The van der Waals surface area contributed by atoms with Crippen LogP contribution in [-0.4, -0.2) is 38.9 Å². The Kier molecular flexibility index (Phi) is 4.06. The first-order chi connectivity index (χ1) is 9.84. The molecule has 2 aliphatic rings. The molecule has 0 spiro atoms. The summed E-state index contributed by atoms with van der Waals surface area (Å²) in [6.07, 6.45) is 2.56. The van der Waals surface area contributed by atoms with Gasteiger partial charge in [-0.15, -0.1) is 0 Å². The third kappa shape index (κ3) is 3.22. The van der Waals surface area contributed by atoms with E-state index in [1.54, 1.807) is 12.1 Å². The van der Waals surface area contributed by atoms with Crippen molar-refractivity contribution in [1.29, 1.82) is 0 Å². The first-order valence-electron chi connectivity index (χ1n) is 7.09. The minimum Gasteiger partial charge on any atom is -0.486 e. The molecule has 1 saturated carbocycles. The van der Waals surface area contributed by atoms with Gasteiger partial charge in [-0.05, 0) is 30.9 Å². The van der Waals surface area contributed by atoms with E-state index in [1.807, 2.05) is 6.07 Å². The number of hydrogen-bond donors (Lipinski definition) is 1. The number of fused-ring (bicyclic) bond motifs is 1. The summed E-state index contributed by atoms with van der Waals surface area (Å²) in [7, 11) is 0. The van der Waals surface area contributed by atoms with Crippen LogP contribution in [0.3, 0.4) is 0 Å². The van der Waals surface area contributed by atoms with Crippen LogP contribution in [-0.2, 0) is 4.74 Å². The van der Waals surface area contributed by atoms with Gasteiger partial charge < -0.3 is 19.5 Å². The Morgan fingerprint density at radius 1 is 1.30 bits per heavy atom. The Morgan fingerprint density at radius 2 is 2.15 bits per heavy atom. The Morgan fingerprint density at radius 3 is 3.00 bits per heavy atom. The molecule has 1 heterocycles. The Bertz CT molecular complexity index is 485. The molecule has 1 N–H and O–H groups in total. The Labute approximate surface area is 118 Å². The highest BCUT2D eigenvalue weighted by molar-refractivity contribution is 5.97. The van der Waals surface area contributed by atoms with Gasteiger partial charge in [0.1, 0.15) is 13.2 Å². The summed E-state index contributed by atoms with van der Waals surface area (Å²) in [4.78, 5) is 12.1. The van der Waals surface area contributed by atoms with Crippen molar-refractivity contribution in [2.45, 2.75) is 12.8 Å². The van der Waals surface area contributed by atoms with Crippen molar-refractivity contribution >= 4 is 5.91 Å². The van der Waals surface area contributed by atoms with Crippen molar-refractivity contribution in [3.05, 3.63) is 23.8 Å². The van der Waals surface area contributed by atoms with Crippen molar-refractivity contribution in [2.75, 3.05) is 33.0 Å². The summed E-state index contributed by atoms with van der Waals surface area (Å²) in [6.45, 7) is 2.87. The molecule has 0 aromatic heterocycles. The fraction of sp³-hybridized carbons (Fsp3) is 0.533. The topological polar surface area (TPSA) is 56.8 Å². The van der Waals surface area contributed by atoms with Crippen molar-refractivity contribution in [2.24, 2.45) is 5.92 Å². The van der Waals surface area contributed by atoms with E-state index >= 15 is 0 Å². The lowest BCUT2D eigenvalue weighted by atomic mass is 10.1. The summed E-state index contributed by atoms with van der Waals surface area (Å²) in [6, 6.07) is 5.35. The van der Waals surface area contributed by atoms with Gasteiger partial charge in [0.2, 0.25) is 0 Å². The van der Waals surface area contributed by atoms with Gasteiger partial charge in [-0.1, -0.05) is 6.07 Å². The molecule has 108 valence electrons. The largest absolute Gasteiger partial charge is 0.486 e. The molecule has 5 nitrogen and oxygen atoms in total. The second-order valence-electron chi connectivity index (χ2n) is 5.10. The van der Waals surface area contributed by atoms with E-state index in [2.05, 4.69) is 5.32 Å². The molecule has 5 heteroatoms. The number of para-hydroxylation sites is 1. The molecule has 1 aliphatic carbocycles. The molecule has 1 aromatic carbocycles. The van der Waals surface area contributed by atoms with Crippen LogP contribution in [0.25, 0.3) is 0 Å². The van der Waals surface area contributed by atoms with E-state index in [-0.39, 0.29) is 5.91 Å². The summed E-state index contributed by atoms with van der Waals surface area (Å²) in [5.74, 6) is 1.77. The van der Waals surface area contributed by atoms with E-state index in [0.717, 1.165) is 12.5 Å². The number of hydrogen-bond acceptors (Lipinski definition) is 4. The van der Waals surface area contributed by atoms with Gasteiger partial charge in [0.15, 0.2) is 11.5 Å². The van der Waals surface area contributed by atoms with Crippen LogP contribution in [0.15, 0.2) is 18.2 Å². The van der Waals surface area contributed by atoms with E-state index in [0.29, 0.717) is 43.4 Å². The predicted molar refractivity (Wildman–Crippen MR) is 73.3 cm³/mol. The number of carbonyl (C=O) groups excluding carboxylic acids is 1. The van der Waals surface area contributed by atoms with Crippen LogP contribution < -0.4 is 14.8 Å². The lowest BCUT2D eigenvalue weighted by Gasteiger charge is -2.20. The van der Waals surface area contributed by atoms with Crippen molar-refractivity contribution in [1.82, 2.24) is 5.32 Å². The number of carbonyl (C=O) groups is 1. The molecule has 1 aromatic rings. The third-order valence-corrected chi connectivity index (χ3v) is 3.39. The van der Waals surface area contributed by atoms with Gasteiger partial charge in [-0.3, -0.25) is 4.79 Å². The highest BCUT2D eigenvalue weighted by Gasteiger charge is 2.21. The van der Waals surface area contributed by atoms with E-state index in [9.17, 15) is 4.79 Å². The van der Waals surface area contributed by atoms with E-state index in [4.69, 9.17) is 14.2 Å². The van der Waals surface area contributed by atoms with Crippen LogP contribution in [0.5, 0.6) is 11.5 Å². The molecular formula is C15H19NO4. The maximum absolute atomic E-state index is 12.1. The number of nitrogens with one attached hydrogen (secondary N) is 1. The first-order valence-corrected chi connectivity index (χ1v) is 7.09. The van der Waals surface area contributed by atoms with Crippen molar-refractivity contribution in [3.8, 4) is 11.5 Å². The van der Waals surface area contributed by atoms with Gasteiger partial charge in [-0.25, -0.2) is 0 Å². The fourth-order valence-electron chi connectivity index (χ4n) is 2.12. The number of benzene rings is 1. The normalized spacial score (nSPS) is 16.8. The summed E-state index contributed by atoms with van der Waals surface area (Å²) < 4.78 is 16.5. The maximum Gasteiger partial charge on any atom is 0.255 e. The SMILES string of the molecule is O=C(NCCOCC1CC1)c1cccc2c1OCCO2. The minimum atomic E-state index is -0.151. The van der Waals surface area contributed by atoms with Gasteiger partial charge in [0.25, 0.3) is 5.91 Å². The van der Waals surface area contributed by atoms with Crippen LogP contribution in [0.1, 0.15) is 23.2 Å². The van der Waals surface area contributed by atoms with Gasteiger partial charge in [0, 0.05) is 13.2 Å². The molecule has 0 saturated heterocycles. The smallest absolute Gasteiger partial charge is 0.255 e. The molecule has 0 bridgehead atoms. The van der Waals surface area contributed by atoms with Crippen molar-refractivity contribution < 1.29 is 19.0 Å². The number of ether oxygens (including phenoxy) is 3. The molecule has 3 rings (SSSR count). The third-order valence-electron chi connectivity index (χ3n) is 3.39. The van der Waals surface area contributed by atoms with Crippen LogP contribution in [0, 0.1) is 5.92 Å². The first kappa shape index (κ1) is 13.2. The van der Waals surface area contributed by atoms with E-state index < -0.39 is 0 Å². The van der Waals surface area contributed by atoms with Crippen LogP contribution >= 0.6 is 0 Å². The summed E-state index contributed by atoms with van der Waals surface area (Å²) >= 11 is 0. The summed E-state index contributed by atoms with van der Waals surface area (Å²) in [5.41, 5.74) is 0.518. The molecule has 0 radical (unpaired) electrons. The molecule has 20 heavy (non-hydrogen) atoms. The Balaban J connectivity index is 1.51. The fourth-order valence-corrected chi connectivity index (χ4v) is 2.12. The second-order valence-corrected chi connectivity index (χ2v) is 5.10. The zero-order valence-corrected chi connectivity index (χ0v) is 11.4. The predicted octanol–water partition coefficient (Wildman–Crippen LogP) is 1.61. The molecule has 0 unspecified atom stereocenters. The lowest BCUT2D eigenvalue weighted by molar-refractivity contribution is 0.0897. The molecule has 1 aliphatic heterocycles. The minimum absolute atomic E-state index is 0.151. The standard InChI is InChI=1S/C15H19NO4/c17-15(16-6-7-18-10-11-4-5-11)12-2-1-3-13-14(12)20-9-8-19-13/h1-3,11H,4-10H2,(H,16,17).